The number of hydrogen-bond acceptors (Lipinski definition) is 2. The Morgan fingerprint density at radius 3 is 2.57 bits per heavy atom. The van der Waals surface area contributed by atoms with Crippen LogP contribution in [0, 0.1) is 5.92 Å². The summed E-state index contributed by atoms with van der Waals surface area (Å²) in [4.78, 5) is 4.78. The van der Waals surface area contributed by atoms with Crippen molar-refractivity contribution in [1.29, 1.82) is 0 Å². The molecule has 2 aromatic carbocycles. The lowest BCUT2D eigenvalue weighted by Crippen LogP contribution is -2.18. The van der Waals surface area contributed by atoms with Gasteiger partial charge in [0.05, 0.1) is 11.4 Å². The summed E-state index contributed by atoms with van der Waals surface area (Å²) in [5.74, 6) is 0.460. The van der Waals surface area contributed by atoms with E-state index in [1.54, 1.807) is 0 Å². The van der Waals surface area contributed by atoms with Crippen LogP contribution in [0.2, 0.25) is 0 Å². The van der Waals surface area contributed by atoms with Crippen LogP contribution in [0.25, 0.3) is 5.57 Å². The van der Waals surface area contributed by atoms with Crippen molar-refractivity contribution in [3.63, 3.8) is 0 Å². The maximum absolute atomic E-state index is 10.1. The monoisotopic (exact) mass is 273 g/mol. The van der Waals surface area contributed by atoms with E-state index in [0.29, 0.717) is 5.76 Å². The van der Waals surface area contributed by atoms with Crippen molar-refractivity contribution in [3.8, 4) is 0 Å². The molecule has 1 unspecified atom stereocenters. The Bertz CT molecular complexity index is 784. The number of nitrogens with zero attached hydrogens (tertiary/aromatic N) is 1. The van der Waals surface area contributed by atoms with Crippen molar-refractivity contribution in [2.24, 2.45) is 10.9 Å². The fraction of sp³-hybridized carbons (Fsp3) is 0.105. The van der Waals surface area contributed by atoms with Crippen LogP contribution in [0.5, 0.6) is 0 Å². The fourth-order valence-corrected chi connectivity index (χ4v) is 3.07. The average molecular weight is 273 g/mol. The summed E-state index contributed by atoms with van der Waals surface area (Å²) in [6, 6.07) is 18.4. The minimum atomic E-state index is 0.125. The van der Waals surface area contributed by atoms with Gasteiger partial charge in [-0.3, -0.25) is 4.99 Å². The Hall–Kier alpha value is -2.61. The van der Waals surface area contributed by atoms with Crippen LogP contribution in [-0.4, -0.2) is 10.8 Å². The summed E-state index contributed by atoms with van der Waals surface area (Å²) in [7, 11) is 0. The summed E-state index contributed by atoms with van der Waals surface area (Å²) in [6.07, 6.45) is 4.59. The molecule has 0 bridgehead atoms. The number of aliphatic hydroxyl groups is 1. The summed E-state index contributed by atoms with van der Waals surface area (Å²) in [5, 5.41) is 10.1. The molecule has 0 spiro atoms. The molecule has 1 N–H and O–H groups in total. The summed E-state index contributed by atoms with van der Waals surface area (Å²) in [5.41, 5.74) is 5.50. The zero-order valence-electron chi connectivity index (χ0n) is 11.5. The normalized spacial score (nSPS) is 19.2. The highest BCUT2D eigenvalue weighted by molar-refractivity contribution is 6.31. The lowest BCUT2D eigenvalue weighted by Gasteiger charge is -2.19. The second kappa shape index (κ2) is 4.74. The van der Waals surface area contributed by atoms with Crippen molar-refractivity contribution < 1.29 is 5.11 Å². The van der Waals surface area contributed by atoms with Crippen molar-refractivity contribution in [2.75, 3.05) is 0 Å². The van der Waals surface area contributed by atoms with Crippen molar-refractivity contribution in [2.45, 2.75) is 6.42 Å². The van der Waals surface area contributed by atoms with Crippen LogP contribution in [-0.2, 0) is 6.42 Å². The SMILES string of the molecule is OC1=CC(Cc2ccccc2)C2=Nc3ccccc3C2=C1. The van der Waals surface area contributed by atoms with Gasteiger partial charge in [0.25, 0.3) is 0 Å². The number of rotatable bonds is 2. The first-order valence-electron chi connectivity index (χ1n) is 7.16. The van der Waals surface area contributed by atoms with Gasteiger partial charge in [0.15, 0.2) is 0 Å². The van der Waals surface area contributed by atoms with Gasteiger partial charge in [-0.2, -0.15) is 0 Å². The van der Waals surface area contributed by atoms with Crippen LogP contribution in [0.1, 0.15) is 11.1 Å². The molecule has 0 radical (unpaired) electrons. The minimum absolute atomic E-state index is 0.125. The average Bonchev–Trinajstić information content (AvgIpc) is 2.87. The van der Waals surface area contributed by atoms with E-state index in [0.717, 1.165) is 29.0 Å². The third-order valence-electron chi connectivity index (χ3n) is 4.02. The highest BCUT2D eigenvalue weighted by atomic mass is 16.3. The smallest absolute Gasteiger partial charge is 0.112 e. The molecule has 1 aliphatic heterocycles. The zero-order valence-corrected chi connectivity index (χ0v) is 11.5. The van der Waals surface area contributed by atoms with E-state index in [1.807, 2.05) is 48.6 Å². The molecule has 2 nitrogen and oxygen atoms in total. The maximum Gasteiger partial charge on any atom is 0.112 e. The molecule has 0 amide bonds. The number of fused-ring (bicyclic) bond motifs is 3. The topological polar surface area (TPSA) is 32.6 Å². The quantitative estimate of drug-likeness (QED) is 0.860. The number of allylic oxidation sites excluding steroid dienone is 3. The van der Waals surface area contributed by atoms with Crippen molar-refractivity contribution in [3.05, 3.63) is 83.6 Å². The van der Waals surface area contributed by atoms with Gasteiger partial charge < -0.3 is 5.11 Å². The lowest BCUT2D eigenvalue weighted by molar-refractivity contribution is 0.426. The van der Waals surface area contributed by atoms with Crippen LogP contribution < -0.4 is 0 Å². The Kier molecular flexibility index (Phi) is 2.74. The van der Waals surface area contributed by atoms with Crippen LogP contribution in [0.4, 0.5) is 5.69 Å². The molecule has 0 aromatic heterocycles. The Morgan fingerprint density at radius 1 is 0.952 bits per heavy atom. The van der Waals surface area contributed by atoms with E-state index in [2.05, 4.69) is 18.2 Å². The number of benzene rings is 2. The van der Waals surface area contributed by atoms with Gasteiger partial charge in [-0.15, -0.1) is 0 Å². The van der Waals surface area contributed by atoms with Gasteiger partial charge in [0.1, 0.15) is 5.76 Å². The highest BCUT2D eigenvalue weighted by Gasteiger charge is 2.29. The van der Waals surface area contributed by atoms with Gasteiger partial charge in [-0.25, -0.2) is 0 Å². The van der Waals surface area contributed by atoms with Gasteiger partial charge >= 0.3 is 0 Å². The molecule has 21 heavy (non-hydrogen) atoms. The van der Waals surface area contributed by atoms with E-state index in [-0.39, 0.29) is 5.92 Å². The first-order chi connectivity index (χ1) is 10.3. The Morgan fingerprint density at radius 2 is 1.71 bits per heavy atom. The van der Waals surface area contributed by atoms with E-state index < -0.39 is 0 Å². The van der Waals surface area contributed by atoms with Crippen molar-refractivity contribution in [1.82, 2.24) is 0 Å². The Balaban J connectivity index is 1.74. The van der Waals surface area contributed by atoms with Crippen molar-refractivity contribution >= 4 is 17.0 Å². The van der Waals surface area contributed by atoms with Gasteiger partial charge in [0.2, 0.25) is 0 Å². The van der Waals surface area contributed by atoms with E-state index in [4.69, 9.17) is 4.99 Å². The van der Waals surface area contributed by atoms with E-state index in [1.165, 1.54) is 5.56 Å². The van der Waals surface area contributed by atoms with E-state index >= 15 is 0 Å². The molecule has 4 rings (SSSR count). The Labute approximate surface area is 123 Å². The predicted octanol–water partition coefficient (Wildman–Crippen LogP) is 4.47. The first-order valence-corrected chi connectivity index (χ1v) is 7.16. The molecular weight excluding hydrogens is 258 g/mol. The van der Waals surface area contributed by atoms with Gasteiger partial charge in [-0.05, 0) is 30.2 Å². The number of para-hydroxylation sites is 1. The molecule has 2 heteroatoms. The zero-order chi connectivity index (χ0) is 14.2. The predicted molar refractivity (Wildman–Crippen MR) is 85.9 cm³/mol. The largest absolute Gasteiger partial charge is 0.508 e. The number of aliphatic imine (C=N–C) groups is 1. The second-order valence-electron chi connectivity index (χ2n) is 5.46. The summed E-state index contributed by atoms with van der Waals surface area (Å²) in [6.45, 7) is 0. The molecule has 0 fully saturated rings. The molecular formula is C19H15NO. The number of aliphatic hydroxyl groups excluding tert-OH is 1. The molecule has 1 heterocycles. The van der Waals surface area contributed by atoms with Crippen LogP contribution in [0.3, 0.4) is 0 Å². The van der Waals surface area contributed by atoms with Gasteiger partial charge in [0, 0.05) is 17.1 Å². The van der Waals surface area contributed by atoms with E-state index in [9.17, 15) is 5.11 Å². The maximum atomic E-state index is 10.1. The molecule has 1 aliphatic carbocycles. The standard InChI is InChI=1S/C19H15NO/c21-15-11-14(10-13-6-2-1-3-7-13)19-17(12-15)16-8-4-5-9-18(16)20-19/h1-9,11-12,14,21H,10H2. The third-order valence-corrected chi connectivity index (χ3v) is 4.02. The third kappa shape index (κ3) is 2.09. The molecule has 2 aromatic rings. The highest BCUT2D eigenvalue weighted by Crippen LogP contribution is 2.40. The lowest BCUT2D eigenvalue weighted by atomic mass is 9.85. The molecule has 0 saturated heterocycles. The first kappa shape index (κ1) is 12.2. The fourth-order valence-electron chi connectivity index (χ4n) is 3.07. The molecule has 102 valence electrons. The van der Waals surface area contributed by atoms with Crippen LogP contribution >= 0.6 is 0 Å². The summed E-state index contributed by atoms with van der Waals surface area (Å²) >= 11 is 0. The summed E-state index contributed by atoms with van der Waals surface area (Å²) < 4.78 is 0. The minimum Gasteiger partial charge on any atom is -0.508 e. The molecule has 1 atom stereocenters. The second-order valence-corrected chi connectivity index (χ2v) is 5.46. The van der Waals surface area contributed by atoms with Crippen LogP contribution in [0.15, 0.2) is 77.5 Å². The number of hydrogen-bond donors (Lipinski definition) is 1. The van der Waals surface area contributed by atoms with Gasteiger partial charge in [-0.1, -0.05) is 48.5 Å². The molecule has 2 aliphatic rings. The molecule has 0 saturated carbocycles.